The Hall–Kier alpha value is -1.62. The van der Waals surface area contributed by atoms with Crippen molar-refractivity contribution < 1.29 is 9.72 Å². The van der Waals surface area contributed by atoms with Gasteiger partial charge in [0, 0.05) is 30.7 Å². The topological polar surface area (TPSA) is 63.5 Å². The molecule has 0 saturated heterocycles. The number of amides is 1. The molecule has 0 unspecified atom stereocenters. The Bertz CT molecular complexity index is 457. The molecule has 0 radical (unpaired) electrons. The van der Waals surface area contributed by atoms with Gasteiger partial charge in [0.1, 0.15) is 0 Å². The SMILES string of the molecule is CN(C(=O)C(C)(C)CCl)c1ccc([N+](=O)[O-])cc1. The lowest BCUT2D eigenvalue weighted by Gasteiger charge is -2.27. The second-order valence-corrected chi connectivity index (χ2v) is 4.92. The molecule has 0 aliphatic heterocycles. The number of halogens is 1. The van der Waals surface area contributed by atoms with Crippen LogP contribution in [0.15, 0.2) is 24.3 Å². The number of rotatable bonds is 4. The van der Waals surface area contributed by atoms with Crippen LogP contribution in [-0.2, 0) is 4.79 Å². The third kappa shape index (κ3) is 2.98. The first-order valence-electron chi connectivity index (χ1n) is 5.38. The molecule has 6 heteroatoms. The molecular weight excluding hydrogens is 256 g/mol. The second-order valence-electron chi connectivity index (χ2n) is 4.66. The van der Waals surface area contributed by atoms with Gasteiger partial charge < -0.3 is 4.90 Å². The van der Waals surface area contributed by atoms with Crippen molar-refractivity contribution in [1.82, 2.24) is 0 Å². The fraction of sp³-hybridized carbons (Fsp3) is 0.417. The van der Waals surface area contributed by atoms with E-state index in [9.17, 15) is 14.9 Å². The average Bonchev–Trinajstić information content (AvgIpc) is 2.37. The van der Waals surface area contributed by atoms with Crippen LogP contribution in [0.2, 0.25) is 0 Å². The molecule has 0 heterocycles. The van der Waals surface area contributed by atoms with E-state index in [0.717, 1.165) is 0 Å². The van der Waals surface area contributed by atoms with Gasteiger partial charge in [-0.2, -0.15) is 0 Å². The predicted molar refractivity (Wildman–Crippen MR) is 71.0 cm³/mol. The minimum atomic E-state index is -0.669. The number of anilines is 1. The van der Waals surface area contributed by atoms with Crippen LogP contribution in [0.3, 0.4) is 0 Å². The summed E-state index contributed by atoms with van der Waals surface area (Å²) in [6.45, 7) is 3.51. The third-order valence-corrected chi connectivity index (χ3v) is 3.33. The third-order valence-electron chi connectivity index (χ3n) is 2.67. The van der Waals surface area contributed by atoms with E-state index in [1.807, 2.05) is 0 Å². The summed E-state index contributed by atoms with van der Waals surface area (Å²) in [6, 6.07) is 5.82. The van der Waals surface area contributed by atoms with Gasteiger partial charge in [-0.25, -0.2) is 0 Å². The molecule has 0 aromatic heterocycles. The summed E-state index contributed by atoms with van der Waals surface area (Å²) in [5.41, 5.74) is -0.0714. The Morgan fingerprint density at radius 1 is 1.39 bits per heavy atom. The molecule has 0 aliphatic carbocycles. The maximum Gasteiger partial charge on any atom is 0.269 e. The zero-order valence-corrected chi connectivity index (χ0v) is 11.3. The maximum atomic E-state index is 12.1. The summed E-state index contributed by atoms with van der Waals surface area (Å²) in [6.07, 6.45) is 0. The van der Waals surface area contributed by atoms with Gasteiger partial charge in [-0.1, -0.05) is 0 Å². The van der Waals surface area contributed by atoms with Crippen LogP contribution in [0, 0.1) is 15.5 Å². The fourth-order valence-corrected chi connectivity index (χ4v) is 1.54. The van der Waals surface area contributed by atoms with Gasteiger partial charge in [-0.3, -0.25) is 14.9 Å². The molecule has 18 heavy (non-hydrogen) atoms. The van der Waals surface area contributed by atoms with Crippen molar-refractivity contribution in [1.29, 1.82) is 0 Å². The second kappa shape index (κ2) is 5.35. The largest absolute Gasteiger partial charge is 0.315 e. The van der Waals surface area contributed by atoms with Gasteiger partial charge >= 0.3 is 0 Å². The number of nitro benzene ring substituents is 1. The normalized spacial score (nSPS) is 11.1. The number of hydrogen-bond donors (Lipinski definition) is 0. The minimum absolute atomic E-state index is 0.00352. The first kappa shape index (κ1) is 14.4. The van der Waals surface area contributed by atoms with Crippen molar-refractivity contribution in [3.05, 3.63) is 34.4 Å². The van der Waals surface area contributed by atoms with Gasteiger partial charge in [0.15, 0.2) is 0 Å². The van der Waals surface area contributed by atoms with Crippen LogP contribution in [0.5, 0.6) is 0 Å². The van der Waals surface area contributed by atoms with Crippen molar-refractivity contribution in [2.45, 2.75) is 13.8 Å². The summed E-state index contributed by atoms with van der Waals surface area (Å²) in [5.74, 6) is 0.0785. The fourth-order valence-electron chi connectivity index (χ4n) is 1.43. The van der Waals surface area contributed by atoms with Crippen molar-refractivity contribution >= 4 is 28.9 Å². The lowest BCUT2D eigenvalue weighted by molar-refractivity contribution is -0.384. The number of alkyl halides is 1. The molecule has 1 rings (SSSR count). The highest BCUT2D eigenvalue weighted by Gasteiger charge is 2.30. The van der Waals surface area contributed by atoms with Crippen molar-refractivity contribution in [2.24, 2.45) is 5.41 Å². The Kier molecular flexibility index (Phi) is 4.29. The number of nitro groups is 1. The number of benzene rings is 1. The van der Waals surface area contributed by atoms with E-state index in [1.165, 1.54) is 17.0 Å². The summed E-state index contributed by atoms with van der Waals surface area (Å²) < 4.78 is 0. The maximum absolute atomic E-state index is 12.1. The molecule has 0 spiro atoms. The van der Waals surface area contributed by atoms with E-state index in [1.54, 1.807) is 33.0 Å². The predicted octanol–water partition coefficient (Wildman–Crippen LogP) is 2.82. The molecule has 1 aromatic carbocycles. The van der Waals surface area contributed by atoms with E-state index < -0.39 is 10.3 Å². The molecule has 98 valence electrons. The van der Waals surface area contributed by atoms with Crippen LogP contribution < -0.4 is 4.90 Å². The van der Waals surface area contributed by atoms with Crippen LogP contribution in [0.1, 0.15) is 13.8 Å². The highest BCUT2D eigenvalue weighted by Crippen LogP contribution is 2.25. The Morgan fingerprint density at radius 3 is 2.28 bits per heavy atom. The van der Waals surface area contributed by atoms with E-state index >= 15 is 0 Å². The number of non-ortho nitro benzene ring substituents is 1. The highest BCUT2D eigenvalue weighted by molar-refractivity contribution is 6.20. The van der Waals surface area contributed by atoms with Crippen LogP contribution in [0.4, 0.5) is 11.4 Å². The quantitative estimate of drug-likeness (QED) is 0.480. The van der Waals surface area contributed by atoms with E-state index in [2.05, 4.69) is 0 Å². The van der Waals surface area contributed by atoms with Crippen molar-refractivity contribution in [3.63, 3.8) is 0 Å². The van der Waals surface area contributed by atoms with Crippen LogP contribution in [-0.4, -0.2) is 23.8 Å². The molecule has 5 nitrogen and oxygen atoms in total. The monoisotopic (exact) mass is 270 g/mol. The molecular formula is C12H15ClN2O3. The Balaban J connectivity index is 2.94. The summed E-state index contributed by atoms with van der Waals surface area (Å²) in [7, 11) is 1.62. The molecule has 0 bridgehead atoms. The van der Waals surface area contributed by atoms with Crippen LogP contribution in [0.25, 0.3) is 0 Å². The number of nitrogens with zero attached hydrogens (tertiary/aromatic N) is 2. The lowest BCUT2D eigenvalue weighted by Crippen LogP contribution is -2.39. The van der Waals surface area contributed by atoms with Gasteiger partial charge in [0.2, 0.25) is 5.91 Å². The van der Waals surface area contributed by atoms with E-state index in [4.69, 9.17) is 11.6 Å². The van der Waals surface area contributed by atoms with Gasteiger partial charge in [0.05, 0.1) is 10.3 Å². The van der Waals surface area contributed by atoms with Crippen molar-refractivity contribution in [3.8, 4) is 0 Å². The smallest absolute Gasteiger partial charge is 0.269 e. The first-order valence-corrected chi connectivity index (χ1v) is 5.91. The highest BCUT2D eigenvalue weighted by atomic mass is 35.5. The molecule has 1 amide bonds. The van der Waals surface area contributed by atoms with E-state index in [-0.39, 0.29) is 17.5 Å². The molecule has 0 fully saturated rings. The van der Waals surface area contributed by atoms with Crippen LogP contribution >= 0.6 is 11.6 Å². The van der Waals surface area contributed by atoms with Gasteiger partial charge in [-0.05, 0) is 26.0 Å². The standard InChI is InChI=1S/C12H15ClN2O3/c1-12(2,8-13)11(16)14(3)9-4-6-10(7-5-9)15(17)18/h4-7H,8H2,1-3H3. The molecule has 0 atom stereocenters. The summed E-state index contributed by atoms with van der Waals surface area (Å²) in [5, 5.41) is 10.5. The zero-order valence-electron chi connectivity index (χ0n) is 10.5. The number of carbonyl (C=O) groups is 1. The number of carbonyl (C=O) groups excluding carboxylic acids is 1. The Morgan fingerprint density at radius 2 is 1.89 bits per heavy atom. The zero-order chi connectivity index (χ0) is 13.9. The minimum Gasteiger partial charge on any atom is -0.315 e. The first-order chi connectivity index (χ1) is 8.29. The van der Waals surface area contributed by atoms with E-state index in [0.29, 0.717) is 5.69 Å². The summed E-state index contributed by atoms with van der Waals surface area (Å²) >= 11 is 5.75. The number of hydrogen-bond acceptors (Lipinski definition) is 3. The van der Waals surface area contributed by atoms with Gasteiger partial charge in [-0.15, -0.1) is 11.6 Å². The van der Waals surface area contributed by atoms with Crippen molar-refractivity contribution in [2.75, 3.05) is 17.8 Å². The molecule has 1 aromatic rings. The molecule has 0 saturated carbocycles. The lowest BCUT2D eigenvalue weighted by atomic mass is 9.94. The molecule has 0 aliphatic rings. The average molecular weight is 271 g/mol. The van der Waals surface area contributed by atoms with Gasteiger partial charge in [0.25, 0.3) is 5.69 Å². The molecule has 0 N–H and O–H groups in total. The Labute approximate surface area is 110 Å². The summed E-state index contributed by atoms with van der Waals surface area (Å²) in [4.78, 5) is 23.6.